The molecule has 16 heavy (non-hydrogen) atoms. The number of halogens is 1. The molecule has 2 rings (SSSR count). The van der Waals surface area contributed by atoms with E-state index in [1.165, 1.54) is 10.5 Å². The van der Waals surface area contributed by atoms with Gasteiger partial charge < -0.3 is 10.0 Å². The van der Waals surface area contributed by atoms with Gasteiger partial charge in [0.15, 0.2) is 0 Å². The predicted octanol–water partition coefficient (Wildman–Crippen LogP) is 3.11. The zero-order valence-corrected chi connectivity index (χ0v) is 9.44. The number of amides is 1. The second-order valence-electron chi connectivity index (χ2n) is 3.72. The normalized spacial score (nSPS) is 15.8. The summed E-state index contributed by atoms with van der Waals surface area (Å²) in [5, 5.41) is 9.52. The third kappa shape index (κ3) is 2.36. The highest BCUT2D eigenvalue weighted by atomic mass is 35.5. The largest absolute Gasteiger partial charge is 0.465 e. The van der Waals surface area contributed by atoms with Crippen LogP contribution < -0.4 is 0 Å². The zero-order valence-electron chi connectivity index (χ0n) is 8.69. The van der Waals surface area contributed by atoms with Crippen molar-refractivity contribution < 1.29 is 9.90 Å². The molecule has 0 radical (unpaired) electrons. The molecule has 0 saturated carbocycles. The van der Waals surface area contributed by atoms with Crippen LogP contribution in [0.1, 0.15) is 12.0 Å². The van der Waals surface area contributed by atoms with Gasteiger partial charge >= 0.3 is 6.09 Å². The molecule has 3 nitrogen and oxygen atoms in total. The summed E-state index contributed by atoms with van der Waals surface area (Å²) in [5.41, 5.74) is 2.25. The molecule has 1 aliphatic rings. The van der Waals surface area contributed by atoms with Crippen LogP contribution in [0.15, 0.2) is 30.3 Å². The molecular formula is C12H12ClNO2. The maximum Gasteiger partial charge on any atom is 0.407 e. The summed E-state index contributed by atoms with van der Waals surface area (Å²) in [6.45, 7) is 1.00. The molecule has 0 spiro atoms. The molecule has 1 aromatic carbocycles. The van der Waals surface area contributed by atoms with E-state index in [4.69, 9.17) is 16.7 Å². The van der Waals surface area contributed by atoms with Crippen molar-refractivity contribution in [2.75, 3.05) is 13.1 Å². The third-order valence-corrected chi connectivity index (χ3v) is 2.91. The Hall–Kier alpha value is -1.48. The van der Waals surface area contributed by atoms with Crippen LogP contribution in [0.3, 0.4) is 0 Å². The van der Waals surface area contributed by atoms with Gasteiger partial charge in [0.25, 0.3) is 0 Å². The van der Waals surface area contributed by atoms with Crippen molar-refractivity contribution in [3.8, 4) is 0 Å². The molecule has 0 aliphatic carbocycles. The molecule has 84 valence electrons. The predicted molar refractivity (Wildman–Crippen MR) is 63.6 cm³/mol. The van der Waals surface area contributed by atoms with Gasteiger partial charge in [-0.2, -0.15) is 0 Å². The van der Waals surface area contributed by atoms with Gasteiger partial charge in [0.1, 0.15) is 0 Å². The molecule has 0 atom stereocenters. The molecule has 1 aliphatic heterocycles. The van der Waals surface area contributed by atoms with Crippen LogP contribution in [0.5, 0.6) is 0 Å². The Kier molecular flexibility index (Phi) is 3.15. The van der Waals surface area contributed by atoms with E-state index in [0.717, 1.165) is 12.0 Å². The van der Waals surface area contributed by atoms with Gasteiger partial charge in [0.2, 0.25) is 0 Å². The van der Waals surface area contributed by atoms with Crippen molar-refractivity contribution in [3.63, 3.8) is 0 Å². The summed E-state index contributed by atoms with van der Waals surface area (Å²) in [5.74, 6) is 0. The van der Waals surface area contributed by atoms with Crippen molar-refractivity contribution in [1.82, 2.24) is 4.90 Å². The SMILES string of the molecule is O=C(O)N1CC=C(c2cccc(Cl)c2)CC1. The fourth-order valence-corrected chi connectivity index (χ4v) is 1.98. The molecule has 0 saturated heterocycles. The summed E-state index contributed by atoms with van der Waals surface area (Å²) in [6, 6.07) is 7.64. The third-order valence-electron chi connectivity index (χ3n) is 2.68. The monoisotopic (exact) mass is 237 g/mol. The van der Waals surface area contributed by atoms with Crippen LogP contribution in [0, 0.1) is 0 Å². The first-order chi connectivity index (χ1) is 7.66. The van der Waals surface area contributed by atoms with Gasteiger partial charge in [0, 0.05) is 18.1 Å². The van der Waals surface area contributed by atoms with Gasteiger partial charge in [-0.3, -0.25) is 0 Å². The summed E-state index contributed by atoms with van der Waals surface area (Å²) < 4.78 is 0. The fourth-order valence-electron chi connectivity index (χ4n) is 1.79. The number of hydrogen-bond donors (Lipinski definition) is 1. The lowest BCUT2D eigenvalue weighted by Gasteiger charge is -2.23. The van der Waals surface area contributed by atoms with Gasteiger partial charge in [-0.05, 0) is 29.7 Å². The highest BCUT2D eigenvalue weighted by Gasteiger charge is 2.16. The van der Waals surface area contributed by atoms with E-state index in [1.807, 2.05) is 30.3 Å². The Morgan fingerprint density at radius 3 is 2.81 bits per heavy atom. The first-order valence-electron chi connectivity index (χ1n) is 5.09. The summed E-state index contributed by atoms with van der Waals surface area (Å²) in [4.78, 5) is 12.1. The number of hydrogen-bond acceptors (Lipinski definition) is 1. The molecule has 0 bridgehead atoms. The molecule has 1 heterocycles. The van der Waals surface area contributed by atoms with Crippen LogP contribution in [-0.2, 0) is 0 Å². The van der Waals surface area contributed by atoms with E-state index in [0.29, 0.717) is 18.1 Å². The number of rotatable bonds is 1. The fraction of sp³-hybridized carbons (Fsp3) is 0.250. The van der Waals surface area contributed by atoms with Gasteiger partial charge in [-0.1, -0.05) is 29.8 Å². The number of benzene rings is 1. The van der Waals surface area contributed by atoms with Crippen molar-refractivity contribution in [1.29, 1.82) is 0 Å². The number of nitrogens with zero attached hydrogens (tertiary/aromatic N) is 1. The average molecular weight is 238 g/mol. The molecule has 1 N–H and O–H groups in total. The Morgan fingerprint density at radius 1 is 1.44 bits per heavy atom. The maximum absolute atomic E-state index is 10.7. The molecule has 0 unspecified atom stereocenters. The highest BCUT2D eigenvalue weighted by Crippen LogP contribution is 2.24. The minimum Gasteiger partial charge on any atom is -0.465 e. The Morgan fingerprint density at radius 2 is 2.25 bits per heavy atom. The second kappa shape index (κ2) is 4.58. The Balaban J connectivity index is 2.16. The van der Waals surface area contributed by atoms with Crippen LogP contribution in [-0.4, -0.2) is 29.2 Å². The number of carbonyl (C=O) groups is 1. The molecular weight excluding hydrogens is 226 g/mol. The average Bonchev–Trinajstić information content (AvgIpc) is 2.29. The van der Waals surface area contributed by atoms with Crippen LogP contribution in [0.4, 0.5) is 4.79 Å². The van der Waals surface area contributed by atoms with Crippen molar-refractivity contribution in [2.24, 2.45) is 0 Å². The summed E-state index contributed by atoms with van der Waals surface area (Å²) in [6.07, 6.45) is 1.83. The lowest BCUT2D eigenvalue weighted by Crippen LogP contribution is -2.33. The lowest BCUT2D eigenvalue weighted by molar-refractivity contribution is 0.150. The standard InChI is InChI=1S/C12H12ClNO2/c13-11-3-1-2-10(8-11)9-4-6-14(7-5-9)12(15)16/h1-4,8H,5-7H2,(H,15,16). The van der Waals surface area contributed by atoms with Gasteiger partial charge in [-0.25, -0.2) is 4.79 Å². The van der Waals surface area contributed by atoms with E-state index in [2.05, 4.69) is 0 Å². The quantitative estimate of drug-likeness (QED) is 0.815. The van der Waals surface area contributed by atoms with Crippen LogP contribution in [0.2, 0.25) is 5.02 Å². The smallest absolute Gasteiger partial charge is 0.407 e. The first kappa shape index (κ1) is 11.0. The summed E-state index contributed by atoms with van der Waals surface area (Å²) >= 11 is 5.91. The molecule has 0 aromatic heterocycles. The van der Waals surface area contributed by atoms with Crippen molar-refractivity contribution in [3.05, 3.63) is 40.9 Å². The van der Waals surface area contributed by atoms with Crippen molar-refractivity contribution >= 4 is 23.3 Å². The van der Waals surface area contributed by atoms with Crippen LogP contribution >= 0.6 is 11.6 Å². The van der Waals surface area contributed by atoms with Crippen LogP contribution in [0.25, 0.3) is 5.57 Å². The van der Waals surface area contributed by atoms with E-state index < -0.39 is 6.09 Å². The Labute approximate surface area is 98.9 Å². The Bertz CT molecular complexity index is 442. The minimum atomic E-state index is -0.860. The first-order valence-corrected chi connectivity index (χ1v) is 5.47. The summed E-state index contributed by atoms with van der Waals surface area (Å²) in [7, 11) is 0. The second-order valence-corrected chi connectivity index (χ2v) is 4.15. The zero-order chi connectivity index (χ0) is 11.5. The minimum absolute atomic E-state index is 0.456. The lowest BCUT2D eigenvalue weighted by atomic mass is 10.00. The molecule has 1 aromatic rings. The van der Waals surface area contributed by atoms with Gasteiger partial charge in [-0.15, -0.1) is 0 Å². The van der Waals surface area contributed by atoms with E-state index >= 15 is 0 Å². The maximum atomic E-state index is 10.7. The van der Waals surface area contributed by atoms with E-state index in [-0.39, 0.29) is 0 Å². The molecule has 1 amide bonds. The van der Waals surface area contributed by atoms with Gasteiger partial charge in [0.05, 0.1) is 0 Å². The van der Waals surface area contributed by atoms with E-state index in [9.17, 15) is 4.79 Å². The molecule has 0 fully saturated rings. The van der Waals surface area contributed by atoms with Crippen molar-refractivity contribution in [2.45, 2.75) is 6.42 Å². The topological polar surface area (TPSA) is 40.5 Å². The highest BCUT2D eigenvalue weighted by molar-refractivity contribution is 6.30. The van der Waals surface area contributed by atoms with E-state index in [1.54, 1.807) is 0 Å². The molecule has 4 heteroatoms. The number of carboxylic acid groups (broad SMARTS) is 1.